The third-order valence-electron chi connectivity index (χ3n) is 6.55. The molecule has 0 spiro atoms. The third kappa shape index (κ3) is 3.26. The van der Waals surface area contributed by atoms with E-state index >= 15 is 0 Å². The van der Waals surface area contributed by atoms with Crippen LogP contribution in [0.15, 0.2) is 95.9 Å². The molecule has 4 nitrogen and oxygen atoms in total. The molecule has 6 heteroatoms. The van der Waals surface area contributed by atoms with Crippen molar-refractivity contribution in [1.82, 2.24) is 4.98 Å². The van der Waals surface area contributed by atoms with Crippen molar-refractivity contribution in [2.45, 2.75) is 0 Å². The molecule has 7 aromatic rings. The minimum Gasteiger partial charge on any atom is -0.456 e. The summed E-state index contributed by atoms with van der Waals surface area (Å²) in [5, 5.41) is 6.03. The number of furan rings is 1. The van der Waals surface area contributed by atoms with Gasteiger partial charge in [-0.1, -0.05) is 30.4 Å². The number of rotatable bonds is 3. The second-order valence-corrected chi connectivity index (χ2v) is 10.5. The summed E-state index contributed by atoms with van der Waals surface area (Å²) < 4.78 is 10.6. The molecule has 0 fully saturated rings. The Hall–Kier alpha value is -3.11. The SMILES string of the molecule is I[n+]1ccccc1-c1ccncc1/C=C/c1ccc2oc3cccc4c5ccc[n+](I)c5c1c2c34. The van der Waals surface area contributed by atoms with Crippen molar-refractivity contribution in [2.75, 3.05) is 0 Å². The Kier molecular flexibility index (Phi) is 4.99. The molecule has 35 heavy (non-hydrogen) atoms. The highest BCUT2D eigenvalue weighted by atomic mass is 127. The van der Waals surface area contributed by atoms with E-state index in [2.05, 4.69) is 141 Å². The van der Waals surface area contributed by atoms with Crippen molar-refractivity contribution in [3.8, 4) is 11.3 Å². The van der Waals surface area contributed by atoms with Crippen molar-refractivity contribution in [3.05, 3.63) is 103 Å². The van der Waals surface area contributed by atoms with Crippen LogP contribution in [0.5, 0.6) is 0 Å². The van der Waals surface area contributed by atoms with Crippen LogP contribution in [0.3, 0.4) is 0 Å². The quantitative estimate of drug-likeness (QED) is 0.143. The van der Waals surface area contributed by atoms with Crippen LogP contribution < -0.4 is 5.56 Å². The van der Waals surface area contributed by atoms with Crippen molar-refractivity contribution < 1.29 is 9.98 Å². The summed E-state index contributed by atoms with van der Waals surface area (Å²) in [6, 6.07) is 23.2. The molecule has 0 unspecified atom stereocenters. The molecule has 0 N–H and O–H groups in total. The minimum atomic E-state index is 0.919. The summed E-state index contributed by atoms with van der Waals surface area (Å²) in [7, 11) is 0. The molecule has 0 bridgehead atoms. The first-order chi connectivity index (χ1) is 17.2. The topological polar surface area (TPSA) is 33.8 Å². The number of halogens is 2. The van der Waals surface area contributed by atoms with E-state index in [1.165, 1.54) is 32.4 Å². The van der Waals surface area contributed by atoms with Gasteiger partial charge in [0.15, 0.2) is 12.4 Å². The fourth-order valence-electron chi connectivity index (χ4n) is 5.07. The molecule has 7 rings (SSSR count). The van der Waals surface area contributed by atoms with Gasteiger partial charge in [0.25, 0.3) is 0 Å². The van der Waals surface area contributed by atoms with Crippen molar-refractivity contribution in [3.63, 3.8) is 0 Å². The number of hydrogen-bond acceptors (Lipinski definition) is 2. The van der Waals surface area contributed by atoms with Gasteiger partial charge in [0.05, 0.1) is 16.3 Å². The van der Waals surface area contributed by atoms with Gasteiger partial charge in [-0.15, -0.1) is 5.56 Å². The van der Waals surface area contributed by atoms with Gasteiger partial charge in [0, 0.05) is 52.3 Å². The lowest BCUT2D eigenvalue weighted by Gasteiger charge is -2.08. The third-order valence-corrected chi connectivity index (χ3v) is 8.20. The number of benzene rings is 3. The van der Waals surface area contributed by atoms with Gasteiger partial charge in [0.1, 0.15) is 11.2 Å². The van der Waals surface area contributed by atoms with Crippen LogP contribution in [0.4, 0.5) is 0 Å². The Balaban J connectivity index is 1.52. The summed E-state index contributed by atoms with van der Waals surface area (Å²) in [5.41, 5.74) is 7.54. The van der Waals surface area contributed by atoms with E-state index in [0.717, 1.165) is 33.6 Å². The van der Waals surface area contributed by atoms with Gasteiger partial charge >= 0.3 is 45.7 Å². The Morgan fingerprint density at radius 3 is 2.43 bits per heavy atom. The molecule has 0 saturated heterocycles. The number of hydrogen-bond donors (Lipinski definition) is 0. The Labute approximate surface area is 228 Å². The van der Waals surface area contributed by atoms with Gasteiger partial charge < -0.3 is 4.42 Å². The molecule has 166 valence electrons. The molecule has 0 amide bonds. The zero-order valence-corrected chi connectivity index (χ0v) is 22.6. The molecular formula is C29H17I2N3O+2. The van der Waals surface area contributed by atoms with Crippen molar-refractivity contribution in [1.29, 1.82) is 0 Å². The summed E-state index contributed by atoms with van der Waals surface area (Å²) in [6.45, 7) is 0. The largest absolute Gasteiger partial charge is 0.456 e. The second-order valence-electron chi connectivity index (χ2n) is 8.46. The maximum atomic E-state index is 6.28. The highest BCUT2D eigenvalue weighted by molar-refractivity contribution is 14.1. The van der Waals surface area contributed by atoms with Crippen LogP contribution >= 0.6 is 45.7 Å². The first-order valence-electron chi connectivity index (χ1n) is 11.2. The van der Waals surface area contributed by atoms with Gasteiger partial charge in [-0.25, -0.2) is 0 Å². The zero-order valence-electron chi connectivity index (χ0n) is 18.3. The Morgan fingerprint density at radius 2 is 1.51 bits per heavy atom. The molecule has 4 heterocycles. The average Bonchev–Trinajstić information content (AvgIpc) is 3.27. The van der Waals surface area contributed by atoms with E-state index in [-0.39, 0.29) is 0 Å². The Morgan fingerprint density at radius 1 is 0.686 bits per heavy atom. The molecule has 0 radical (unpaired) electrons. The number of nitrogens with zero attached hydrogens (tertiary/aromatic N) is 3. The summed E-state index contributed by atoms with van der Waals surface area (Å²) in [6.07, 6.45) is 12.3. The van der Waals surface area contributed by atoms with Gasteiger partial charge in [-0.05, 0) is 35.9 Å². The molecule has 0 aliphatic rings. The van der Waals surface area contributed by atoms with E-state index in [1.807, 2.05) is 18.5 Å². The highest BCUT2D eigenvalue weighted by Crippen LogP contribution is 2.43. The molecule has 4 aromatic heterocycles. The maximum absolute atomic E-state index is 6.28. The zero-order chi connectivity index (χ0) is 23.5. The van der Waals surface area contributed by atoms with E-state index in [9.17, 15) is 0 Å². The smallest absolute Gasteiger partial charge is 0.354 e. The second kappa shape index (κ2) is 8.23. The predicted molar refractivity (Wildman–Crippen MR) is 158 cm³/mol. The molecule has 3 aromatic carbocycles. The molecule has 0 atom stereocenters. The fourth-order valence-corrected chi connectivity index (χ4v) is 6.36. The molecule has 0 aliphatic heterocycles. The fraction of sp³-hybridized carbons (Fsp3) is 0. The van der Waals surface area contributed by atoms with Gasteiger partial charge in [0.2, 0.25) is 11.2 Å². The van der Waals surface area contributed by atoms with Crippen molar-refractivity contribution in [2.24, 2.45) is 0 Å². The van der Waals surface area contributed by atoms with Crippen LogP contribution in [0.2, 0.25) is 0 Å². The molecular weight excluding hydrogens is 660 g/mol. The average molecular weight is 677 g/mol. The first kappa shape index (κ1) is 21.2. The molecule has 0 saturated carbocycles. The number of aromatic nitrogens is 3. The summed E-state index contributed by atoms with van der Waals surface area (Å²) >= 11 is 4.70. The van der Waals surface area contributed by atoms with Crippen LogP contribution in [0, 0.1) is 0 Å². The van der Waals surface area contributed by atoms with Gasteiger partial charge in [-0.3, -0.25) is 4.98 Å². The summed E-state index contributed by atoms with van der Waals surface area (Å²) in [5.74, 6) is 0. The number of fused-ring (bicyclic) bond motifs is 3. The lowest BCUT2D eigenvalue weighted by molar-refractivity contribution is -0.427. The number of pyridine rings is 3. The maximum Gasteiger partial charge on any atom is 0.354 e. The lowest BCUT2D eigenvalue weighted by Crippen LogP contribution is -2.21. The highest BCUT2D eigenvalue weighted by Gasteiger charge is 2.23. The normalized spacial score (nSPS) is 12.2. The summed E-state index contributed by atoms with van der Waals surface area (Å²) in [4.78, 5) is 4.41. The van der Waals surface area contributed by atoms with E-state index in [0.29, 0.717) is 0 Å². The van der Waals surface area contributed by atoms with Crippen molar-refractivity contribution >= 4 is 101 Å². The minimum absolute atomic E-state index is 0.919. The van der Waals surface area contributed by atoms with Crippen LogP contribution in [-0.2, 0) is 0 Å². The van der Waals surface area contributed by atoms with E-state index in [1.54, 1.807) is 0 Å². The lowest BCUT2D eigenvalue weighted by atomic mass is 9.94. The monoisotopic (exact) mass is 677 g/mol. The van der Waals surface area contributed by atoms with Crippen LogP contribution in [0.25, 0.3) is 67.0 Å². The van der Waals surface area contributed by atoms with Gasteiger partial charge in [-0.2, -0.15) is 0 Å². The predicted octanol–water partition coefficient (Wildman–Crippen LogP) is 7.53. The molecule has 0 aliphatic carbocycles. The van der Waals surface area contributed by atoms with E-state index in [4.69, 9.17) is 4.42 Å². The van der Waals surface area contributed by atoms with Crippen LogP contribution in [-0.4, -0.2) is 4.98 Å². The first-order valence-corrected chi connectivity index (χ1v) is 13.1. The standard InChI is InChI=1S/C29H17I2N3O/c30-33-15-2-1-7-23(33)20-13-14-32-17-19(20)10-9-18-11-12-25-28-26(18)29-22(6-4-16-34(29)31)21-5-3-8-24(35-25)27(21)28/h1-17H/q+2. The Bertz CT molecular complexity index is 1940. The van der Waals surface area contributed by atoms with Crippen LogP contribution in [0.1, 0.15) is 11.1 Å². The van der Waals surface area contributed by atoms with E-state index < -0.39 is 0 Å².